The van der Waals surface area contributed by atoms with Gasteiger partial charge in [-0.3, -0.25) is 0 Å². The maximum atomic E-state index is 13.3. The van der Waals surface area contributed by atoms with Gasteiger partial charge in [0.1, 0.15) is 5.82 Å². The van der Waals surface area contributed by atoms with Gasteiger partial charge in [0.2, 0.25) is 0 Å². The van der Waals surface area contributed by atoms with Gasteiger partial charge in [0.05, 0.1) is 0 Å². The predicted molar refractivity (Wildman–Crippen MR) is 64.9 cm³/mol. The van der Waals surface area contributed by atoms with Crippen LogP contribution in [0.2, 0.25) is 0 Å². The van der Waals surface area contributed by atoms with Crippen LogP contribution in [0.25, 0.3) is 11.4 Å². The summed E-state index contributed by atoms with van der Waals surface area (Å²) >= 11 is 0. The molecule has 2 rings (SSSR count). The van der Waals surface area contributed by atoms with Crippen LogP contribution in [0.15, 0.2) is 18.2 Å². The highest BCUT2D eigenvalue weighted by Gasteiger charge is 2.34. The summed E-state index contributed by atoms with van der Waals surface area (Å²) in [4.78, 5) is 11.3. The van der Waals surface area contributed by atoms with E-state index >= 15 is 0 Å². The Kier molecular flexibility index (Phi) is 3.05. The van der Waals surface area contributed by atoms with E-state index in [1.54, 1.807) is 13.0 Å². The number of carboxylic acids is 1. The Morgan fingerprint density at radius 3 is 2.74 bits per heavy atom. The van der Waals surface area contributed by atoms with Crippen LogP contribution in [0.4, 0.5) is 4.39 Å². The van der Waals surface area contributed by atoms with E-state index in [1.165, 1.54) is 30.7 Å². The summed E-state index contributed by atoms with van der Waals surface area (Å²) in [6.45, 7) is 4.73. The van der Waals surface area contributed by atoms with Crippen LogP contribution in [0, 0.1) is 12.7 Å². The van der Waals surface area contributed by atoms with Crippen molar-refractivity contribution in [3.63, 3.8) is 0 Å². The summed E-state index contributed by atoms with van der Waals surface area (Å²) in [5.74, 6) is -1.28. The van der Waals surface area contributed by atoms with Crippen molar-refractivity contribution in [1.82, 2.24) is 20.2 Å². The zero-order valence-corrected chi connectivity index (χ0v) is 10.8. The van der Waals surface area contributed by atoms with E-state index < -0.39 is 17.3 Å². The third-order valence-electron chi connectivity index (χ3n) is 2.96. The number of carbonyl (C=O) groups is 1. The SMILES string of the molecule is Cc1ccc(F)cc1-c1nnnn1C(C)(C)C(=O)O. The molecule has 0 saturated carbocycles. The average Bonchev–Trinajstić information content (AvgIpc) is 2.81. The first kappa shape index (κ1) is 13.1. The van der Waals surface area contributed by atoms with Gasteiger partial charge in [0, 0.05) is 5.56 Å². The highest BCUT2D eigenvalue weighted by molar-refractivity contribution is 5.76. The molecule has 0 bridgehead atoms. The van der Waals surface area contributed by atoms with E-state index in [2.05, 4.69) is 15.5 Å². The van der Waals surface area contributed by atoms with Crippen LogP contribution in [0.3, 0.4) is 0 Å². The molecule has 1 aromatic heterocycles. The molecular formula is C12H13FN4O2. The third kappa shape index (κ3) is 2.18. The topological polar surface area (TPSA) is 80.9 Å². The third-order valence-corrected chi connectivity index (χ3v) is 2.96. The quantitative estimate of drug-likeness (QED) is 0.910. The molecule has 100 valence electrons. The van der Waals surface area contributed by atoms with E-state index in [1.807, 2.05) is 0 Å². The average molecular weight is 264 g/mol. The second kappa shape index (κ2) is 4.42. The lowest BCUT2D eigenvalue weighted by Gasteiger charge is -2.20. The van der Waals surface area contributed by atoms with Crippen LogP contribution in [0.5, 0.6) is 0 Å². The molecule has 19 heavy (non-hydrogen) atoms. The number of hydrogen-bond donors (Lipinski definition) is 1. The molecule has 0 saturated heterocycles. The Hall–Kier alpha value is -2.31. The number of tetrazole rings is 1. The van der Waals surface area contributed by atoms with E-state index in [0.717, 1.165) is 5.56 Å². The minimum absolute atomic E-state index is 0.226. The molecule has 6 nitrogen and oxygen atoms in total. The van der Waals surface area contributed by atoms with Gasteiger partial charge in [0.15, 0.2) is 11.4 Å². The minimum Gasteiger partial charge on any atom is -0.479 e. The highest BCUT2D eigenvalue weighted by Crippen LogP contribution is 2.26. The number of aryl methyl sites for hydroxylation is 1. The number of aromatic nitrogens is 4. The summed E-state index contributed by atoms with van der Waals surface area (Å²) < 4.78 is 14.5. The van der Waals surface area contributed by atoms with Crippen LogP contribution in [0.1, 0.15) is 19.4 Å². The summed E-state index contributed by atoms with van der Waals surface area (Å²) in [6, 6.07) is 4.21. The Balaban J connectivity index is 2.63. The minimum atomic E-state index is -1.32. The van der Waals surface area contributed by atoms with E-state index in [4.69, 9.17) is 0 Å². The van der Waals surface area contributed by atoms with Crippen LogP contribution in [-0.4, -0.2) is 31.3 Å². The van der Waals surface area contributed by atoms with Crippen LogP contribution >= 0.6 is 0 Å². The van der Waals surface area contributed by atoms with Gasteiger partial charge in [-0.25, -0.2) is 13.9 Å². The predicted octanol–water partition coefficient (Wildman–Crippen LogP) is 1.61. The van der Waals surface area contributed by atoms with Gasteiger partial charge in [0.25, 0.3) is 0 Å². The number of nitrogens with zero attached hydrogens (tertiary/aromatic N) is 4. The first-order valence-electron chi connectivity index (χ1n) is 5.63. The zero-order chi connectivity index (χ0) is 14.2. The van der Waals surface area contributed by atoms with Crippen molar-refractivity contribution in [2.45, 2.75) is 26.3 Å². The number of halogens is 1. The fraction of sp³-hybridized carbons (Fsp3) is 0.333. The van der Waals surface area contributed by atoms with Crippen molar-refractivity contribution in [2.75, 3.05) is 0 Å². The lowest BCUT2D eigenvalue weighted by molar-refractivity contribution is -0.146. The molecule has 0 fully saturated rings. The van der Waals surface area contributed by atoms with Crippen molar-refractivity contribution in [1.29, 1.82) is 0 Å². The molecule has 0 aliphatic carbocycles. The zero-order valence-electron chi connectivity index (χ0n) is 10.8. The number of hydrogen-bond acceptors (Lipinski definition) is 4. The Bertz CT molecular complexity index is 636. The molecule has 7 heteroatoms. The summed E-state index contributed by atoms with van der Waals surface area (Å²) in [7, 11) is 0. The Labute approximate surface area is 108 Å². The fourth-order valence-corrected chi connectivity index (χ4v) is 1.66. The molecule has 2 aromatic rings. The normalized spacial score (nSPS) is 11.6. The summed E-state index contributed by atoms with van der Waals surface area (Å²) in [6.07, 6.45) is 0. The number of carboxylic acid groups (broad SMARTS) is 1. The summed E-state index contributed by atoms with van der Waals surface area (Å²) in [5, 5.41) is 20.2. The van der Waals surface area contributed by atoms with Crippen molar-refractivity contribution < 1.29 is 14.3 Å². The molecule has 0 aliphatic rings. The van der Waals surface area contributed by atoms with Crippen molar-refractivity contribution in [3.8, 4) is 11.4 Å². The van der Waals surface area contributed by atoms with Gasteiger partial charge in [-0.1, -0.05) is 6.07 Å². The molecule has 1 N–H and O–H groups in total. The number of rotatable bonds is 3. The van der Waals surface area contributed by atoms with Crippen molar-refractivity contribution in [2.24, 2.45) is 0 Å². The molecule has 0 atom stereocenters. The molecule has 0 radical (unpaired) electrons. The first-order chi connectivity index (χ1) is 8.84. The monoisotopic (exact) mass is 264 g/mol. The molecular weight excluding hydrogens is 251 g/mol. The molecule has 0 unspecified atom stereocenters. The van der Waals surface area contributed by atoms with Gasteiger partial charge in [-0.2, -0.15) is 0 Å². The fourth-order valence-electron chi connectivity index (χ4n) is 1.66. The van der Waals surface area contributed by atoms with E-state index in [0.29, 0.717) is 5.56 Å². The Morgan fingerprint density at radius 2 is 2.11 bits per heavy atom. The molecule has 1 aromatic carbocycles. The largest absolute Gasteiger partial charge is 0.479 e. The molecule has 0 amide bonds. The second-order valence-corrected chi connectivity index (χ2v) is 4.74. The smallest absolute Gasteiger partial charge is 0.331 e. The lowest BCUT2D eigenvalue weighted by Crippen LogP contribution is -2.37. The van der Waals surface area contributed by atoms with Crippen LogP contribution < -0.4 is 0 Å². The maximum absolute atomic E-state index is 13.3. The van der Waals surface area contributed by atoms with E-state index in [9.17, 15) is 14.3 Å². The number of benzene rings is 1. The highest BCUT2D eigenvalue weighted by atomic mass is 19.1. The lowest BCUT2D eigenvalue weighted by atomic mass is 10.0. The van der Waals surface area contributed by atoms with Gasteiger partial charge in [-0.05, 0) is 48.9 Å². The van der Waals surface area contributed by atoms with Gasteiger partial charge in [-0.15, -0.1) is 5.10 Å². The van der Waals surface area contributed by atoms with Gasteiger partial charge < -0.3 is 5.11 Å². The molecule has 0 spiro atoms. The van der Waals surface area contributed by atoms with Gasteiger partial charge >= 0.3 is 5.97 Å². The standard InChI is InChI=1S/C12H13FN4O2/c1-7-4-5-8(13)6-9(7)10-14-15-16-17(10)12(2,3)11(18)19/h4-6H,1-3H3,(H,18,19). The maximum Gasteiger partial charge on any atom is 0.331 e. The molecule has 1 heterocycles. The second-order valence-electron chi connectivity index (χ2n) is 4.74. The first-order valence-corrected chi connectivity index (χ1v) is 5.63. The van der Waals surface area contributed by atoms with E-state index in [-0.39, 0.29) is 5.82 Å². The Morgan fingerprint density at radius 1 is 1.42 bits per heavy atom. The molecule has 0 aliphatic heterocycles. The van der Waals surface area contributed by atoms with Crippen LogP contribution in [-0.2, 0) is 10.3 Å². The summed E-state index contributed by atoms with van der Waals surface area (Å²) in [5.41, 5.74) is -0.0876. The van der Waals surface area contributed by atoms with Crippen molar-refractivity contribution in [3.05, 3.63) is 29.6 Å². The number of aliphatic carboxylic acids is 1. The van der Waals surface area contributed by atoms with Crippen molar-refractivity contribution >= 4 is 5.97 Å².